The molecule has 0 aliphatic rings. The van der Waals surface area contributed by atoms with E-state index in [0.29, 0.717) is 5.56 Å². The van der Waals surface area contributed by atoms with Crippen LogP contribution in [-0.2, 0) is 0 Å². The van der Waals surface area contributed by atoms with Crippen molar-refractivity contribution in [1.82, 2.24) is 10.1 Å². The summed E-state index contributed by atoms with van der Waals surface area (Å²) in [5.41, 5.74) is 0.131. The van der Waals surface area contributed by atoms with Crippen molar-refractivity contribution in [2.75, 3.05) is 0 Å². The lowest BCUT2D eigenvalue weighted by molar-refractivity contribution is -0.385. The summed E-state index contributed by atoms with van der Waals surface area (Å²) in [5.74, 6) is 0.630. The molecule has 0 N–H and O–H groups in total. The zero-order valence-corrected chi connectivity index (χ0v) is 13.4. The van der Waals surface area contributed by atoms with Gasteiger partial charge in [0.05, 0.1) is 15.9 Å². The number of nitro benzene ring substituents is 2. The summed E-state index contributed by atoms with van der Waals surface area (Å²) in [6, 6.07) is 11.4. The van der Waals surface area contributed by atoms with Gasteiger partial charge in [-0.1, -0.05) is 23.4 Å². The molecule has 10 nitrogen and oxygen atoms in total. The molecule has 3 rings (SSSR count). The SMILES string of the molecule is Cc1nc(C(Oc2cccc([N+](=O)[O-])c2)c2cccc([N+](=O)[O-])c2)no1. The van der Waals surface area contributed by atoms with E-state index in [1.54, 1.807) is 13.0 Å². The van der Waals surface area contributed by atoms with E-state index in [9.17, 15) is 20.2 Å². The molecule has 0 fully saturated rings. The van der Waals surface area contributed by atoms with Gasteiger partial charge in [0.1, 0.15) is 5.75 Å². The Morgan fingerprint density at radius 2 is 1.69 bits per heavy atom. The molecule has 10 heteroatoms. The average molecular weight is 356 g/mol. The Labute approximate surface area is 146 Å². The van der Waals surface area contributed by atoms with Crippen LogP contribution in [-0.4, -0.2) is 20.0 Å². The molecule has 1 unspecified atom stereocenters. The van der Waals surface area contributed by atoms with Gasteiger partial charge in [0, 0.05) is 30.7 Å². The van der Waals surface area contributed by atoms with Crippen molar-refractivity contribution in [1.29, 1.82) is 0 Å². The molecular weight excluding hydrogens is 344 g/mol. The molecule has 3 aromatic rings. The number of nitrogens with zero attached hydrogens (tertiary/aromatic N) is 4. The smallest absolute Gasteiger partial charge is 0.273 e. The van der Waals surface area contributed by atoms with Gasteiger partial charge >= 0.3 is 0 Å². The molecule has 0 aliphatic carbocycles. The van der Waals surface area contributed by atoms with Crippen LogP contribution in [0.25, 0.3) is 0 Å². The highest BCUT2D eigenvalue weighted by Gasteiger charge is 2.24. The van der Waals surface area contributed by atoms with Gasteiger partial charge < -0.3 is 9.26 Å². The second kappa shape index (κ2) is 6.97. The first kappa shape index (κ1) is 17.0. The summed E-state index contributed by atoms with van der Waals surface area (Å²) in [5, 5.41) is 25.8. The minimum atomic E-state index is -0.936. The zero-order chi connectivity index (χ0) is 18.7. The Morgan fingerprint density at radius 1 is 1.04 bits per heavy atom. The van der Waals surface area contributed by atoms with E-state index in [-0.39, 0.29) is 28.8 Å². The maximum Gasteiger partial charge on any atom is 0.273 e. The highest BCUT2D eigenvalue weighted by molar-refractivity contribution is 5.40. The number of hydrogen-bond acceptors (Lipinski definition) is 8. The van der Waals surface area contributed by atoms with E-state index < -0.39 is 16.0 Å². The van der Waals surface area contributed by atoms with Gasteiger partial charge in [-0.05, 0) is 6.07 Å². The number of rotatable bonds is 6. The Morgan fingerprint density at radius 3 is 2.31 bits per heavy atom. The molecule has 1 heterocycles. The fourth-order valence-corrected chi connectivity index (χ4v) is 2.30. The van der Waals surface area contributed by atoms with Crippen LogP contribution >= 0.6 is 0 Å². The van der Waals surface area contributed by atoms with Crippen LogP contribution < -0.4 is 4.74 Å². The quantitative estimate of drug-likeness (QED) is 0.484. The van der Waals surface area contributed by atoms with Crippen molar-refractivity contribution in [2.24, 2.45) is 0 Å². The van der Waals surface area contributed by atoms with Crippen molar-refractivity contribution in [3.63, 3.8) is 0 Å². The summed E-state index contributed by atoms with van der Waals surface area (Å²) in [4.78, 5) is 25.0. The van der Waals surface area contributed by atoms with Gasteiger partial charge in [0.2, 0.25) is 11.7 Å². The summed E-state index contributed by atoms with van der Waals surface area (Å²) >= 11 is 0. The molecule has 0 amide bonds. The minimum Gasteiger partial charge on any atom is -0.477 e. The maximum absolute atomic E-state index is 11.0. The van der Waals surface area contributed by atoms with Crippen molar-refractivity contribution >= 4 is 11.4 Å². The molecule has 26 heavy (non-hydrogen) atoms. The van der Waals surface area contributed by atoms with Crippen molar-refractivity contribution in [2.45, 2.75) is 13.0 Å². The molecule has 0 saturated heterocycles. The van der Waals surface area contributed by atoms with Crippen LogP contribution in [0.15, 0.2) is 53.1 Å². The van der Waals surface area contributed by atoms with Crippen LogP contribution in [0.3, 0.4) is 0 Å². The van der Waals surface area contributed by atoms with Gasteiger partial charge in [-0.2, -0.15) is 4.98 Å². The van der Waals surface area contributed by atoms with Crippen molar-refractivity contribution in [3.05, 3.63) is 86.0 Å². The first-order valence-corrected chi connectivity index (χ1v) is 7.39. The third-order valence-electron chi connectivity index (χ3n) is 3.44. The first-order chi connectivity index (χ1) is 12.4. The van der Waals surface area contributed by atoms with Crippen LogP contribution in [0, 0.1) is 27.2 Å². The van der Waals surface area contributed by atoms with Gasteiger partial charge in [0.15, 0.2) is 6.10 Å². The zero-order valence-electron chi connectivity index (χ0n) is 13.4. The fourth-order valence-electron chi connectivity index (χ4n) is 2.30. The maximum atomic E-state index is 11.0. The van der Waals surface area contributed by atoms with Crippen LogP contribution in [0.4, 0.5) is 11.4 Å². The number of aromatic nitrogens is 2. The van der Waals surface area contributed by atoms with Crippen LogP contribution in [0.5, 0.6) is 5.75 Å². The highest BCUT2D eigenvalue weighted by atomic mass is 16.6. The monoisotopic (exact) mass is 356 g/mol. The molecule has 2 aromatic carbocycles. The standard InChI is InChI=1S/C16H12N4O6/c1-10-17-16(18-26-10)15(11-4-2-5-12(8-11)19(21)22)25-14-7-3-6-13(9-14)20(23)24/h2-9,15H,1H3. The second-order valence-electron chi connectivity index (χ2n) is 5.28. The molecule has 0 spiro atoms. The summed E-state index contributed by atoms with van der Waals surface area (Å²) in [7, 11) is 0. The second-order valence-corrected chi connectivity index (χ2v) is 5.28. The Hall–Kier alpha value is -3.82. The van der Waals surface area contributed by atoms with Gasteiger partial charge in [-0.25, -0.2) is 0 Å². The Kier molecular flexibility index (Phi) is 4.56. The minimum absolute atomic E-state index is 0.129. The van der Waals surface area contributed by atoms with E-state index in [4.69, 9.17) is 9.26 Å². The third kappa shape index (κ3) is 3.64. The topological polar surface area (TPSA) is 134 Å². The third-order valence-corrected chi connectivity index (χ3v) is 3.44. The molecule has 0 saturated carbocycles. The number of ether oxygens (including phenoxy) is 1. The largest absolute Gasteiger partial charge is 0.477 e. The average Bonchev–Trinajstić information content (AvgIpc) is 3.06. The molecule has 1 atom stereocenters. The van der Waals surface area contributed by atoms with Crippen molar-refractivity contribution < 1.29 is 19.1 Å². The van der Waals surface area contributed by atoms with Gasteiger partial charge in [-0.3, -0.25) is 20.2 Å². The molecule has 1 aromatic heterocycles. The lowest BCUT2D eigenvalue weighted by Crippen LogP contribution is -2.12. The van der Waals surface area contributed by atoms with E-state index >= 15 is 0 Å². The van der Waals surface area contributed by atoms with Gasteiger partial charge in [0.25, 0.3) is 11.4 Å². The number of non-ortho nitro benzene ring substituents is 2. The molecule has 0 aliphatic heterocycles. The Balaban J connectivity index is 2.02. The van der Waals surface area contributed by atoms with Crippen molar-refractivity contribution in [3.8, 4) is 5.75 Å². The van der Waals surface area contributed by atoms with E-state index in [1.165, 1.54) is 42.5 Å². The summed E-state index contributed by atoms with van der Waals surface area (Å²) < 4.78 is 10.8. The number of nitro groups is 2. The lowest BCUT2D eigenvalue weighted by atomic mass is 10.1. The first-order valence-electron chi connectivity index (χ1n) is 7.39. The predicted octanol–water partition coefficient (Wildman–Crippen LogP) is 3.36. The van der Waals surface area contributed by atoms with E-state index in [1.807, 2.05) is 0 Å². The normalized spacial score (nSPS) is 11.7. The van der Waals surface area contributed by atoms with E-state index in [2.05, 4.69) is 10.1 Å². The molecule has 0 bridgehead atoms. The number of hydrogen-bond donors (Lipinski definition) is 0. The lowest BCUT2D eigenvalue weighted by Gasteiger charge is -2.16. The highest BCUT2D eigenvalue weighted by Crippen LogP contribution is 2.30. The van der Waals surface area contributed by atoms with Crippen LogP contribution in [0.2, 0.25) is 0 Å². The molecule has 0 radical (unpaired) electrons. The van der Waals surface area contributed by atoms with E-state index in [0.717, 1.165) is 0 Å². The Bertz CT molecular complexity index is 971. The number of benzene rings is 2. The fraction of sp³-hybridized carbons (Fsp3) is 0.125. The predicted molar refractivity (Wildman–Crippen MR) is 87.7 cm³/mol. The number of aryl methyl sites for hydroxylation is 1. The molecular formula is C16H12N4O6. The molecule has 132 valence electrons. The summed E-state index contributed by atoms with van der Waals surface area (Å²) in [6.45, 7) is 1.59. The summed E-state index contributed by atoms with van der Waals surface area (Å²) in [6.07, 6.45) is -0.936. The van der Waals surface area contributed by atoms with Crippen LogP contribution in [0.1, 0.15) is 23.4 Å². The van der Waals surface area contributed by atoms with Gasteiger partial charge in [-0.15, -0.1) is 0 Å².